The third-order valence-corrected chi connectivity index (χ3v) is 4.64. The molecule has 110 valence electrons. The van der Waals surface area contributed by atoms with Crippen LogP contribution in [0.1, 0.15) is 30.1 Å². The van der Waals surface area contributed by atoms with E-state index in [0.717, 1.165) is 42.4 Å². The van der Waals surface area contributed by atoms with Gasteiger partial charge in [-0.1, -0.05) is 18.2 Å². The second kappa shape index (κ2) is 5.45. The van der Waals surface area contributed by atoms with Crippen molar-refractivity contribution in [2.24, 2.45) is 0 Å². The van der Waals surface area contributed by atoms with Crippen molar-refractivity contribution in [3.8, 4) is 0 Å². The topological polar surface area (TPSA) is 45.2 Å². The van der Waals surface area contributed by atoms with Crippen LogP contribution in [-0.2, 0) is 0 Å². The minimum Gasteiger partial charge on any atom is -0.338 e. The van der Waals surface area contributed by atoms with Crippen LogP contribution in [0.2, 0.25) is 0 Å². The predicted octanol–water partition coefficient (Wildman–Crippen LogP) is 2.45. The lowest BCUT2D eigenvalue weighted by atomic mass is 9.89. The zero-order valence-electron chi connectivity index (χ0n) is 12.6. The number of nitrogens with one attached hydrogen (secondary N) is 1. The minimum atomic E-state index is 0.117. The molecule has 3 rings (SSSR count). The predicted molar refractivity (Wildman–Crippen MR) is 84.3 cm³/mol. The van der Waals surface area contributed by atoms with Crippen molar-refractivity contribution in [3.05, 3.63) is 42.1 Å². The Labute approximate surface area is 125 Å². The molecule has 21 heavy (non-hydrogen) atoms. The Hall–Kier alpha value is -1.94. The molecule has 0 spiro atoms. The average Bonchev–Trinajstić information content (AvgIpc) is 2.54. The summed E-state index contributed by atoms with van der Waals surface area (Å²) in [6.07, 6.45) is 3.69. The quantitative estimate of drug-likeness (QED) is 0.921. The molecular weight excluding hydrogens is 262 g/mol. The van der Waals surface area contributed by atoms with Crippen LogP contribution in [0.25, 0.3) is 10.9 Å². The van der Waals surface area contributed by atoms with E-state index in [9.17, 15) is 4.79 Å². The van der Waals surface area contributed by atoms with Gasteiger partial charge in [0.05, 0.1) is 11.1 Å². The molecule has 0 atom stereocenters. The van der Waals surface area contributed by atoms with Gasteiger partial charge in [-0.05, 0) is 38.9 Å². The van der Waals surface area contributed by atoms with Gasteiger partial charge in [-0.3, -0.25) is 9.78 Å². The number of pyridine rings is 1. The lowest BCUT2D eigenvalue weighted by Crippen LogP contribution is -2.51. The standard InChI is InChI=1S/C17H21N3O/c1-17(18-2)8-11-20(12-9-17)16(21)14-7-10-19-15-6-4-3-5-13(14)15/h3-7,10,18H,8-9,11-12H2,1-2H3. The van der Waals surface area contributed by atoms with Gasteiger partial charge in [0.1, 0.15) is 0 Å². The Morgan fingerprint density at radius 1 is 1.24 bits per heavy atom. The summed E-state index contributed by atoms with van der Waals surface area (Å²) in [7, 11) is 1.99. The molecule has 1 fully saturated rings. The fourth-order valence-electron chi connectivity index (χ4n) is 2.91. The van der Waals surface area contributed by atoms with E-state index in [2.05, 4.69) is 17.2 Å². The first-order valence-electron chi connectivity index (χ1n) is 7.45. The van der Waals surface area contributed by atoms with Crippen molar-refractivity contribution in [3.63, 3.8) is 0 Å². The summed E-state index contributed by atoms with van der Waals surface area (Å²) in [5.41, 5.74) is 1.78. The SMILES string of the molecule is CNC1(C)CCN(C(=O)c2ccnc3ccccc23)CC1. The van der Waals surface area contributed by atoms with Crippen LogP contribution in [-0.4, -0.2) is 41.5 Å². The Balaban J connectivity index is 1.85. The zero-order chi connectivity index (χ0) is 14.9. The number of aromatic nitrogens is 1. The molecule has 2 aromatic rings. The fourth-order valence-corrected chi connectivity index (χ4v) is 2.91. The number of hydrogen-bond donors (Lipinski definition) is 1. The first-order chi connectivity index (χ1) is 10.1. The molecule has 4 nitrogen and oxygen atoms in total. The molecule has 1 aliphatic rings. The summed E-state index contributed by atoms with van der Waals surface area (Å²) in [6.45, 7) is 3.82. The van der Waals surface area contributed by atoms with Crippen LogP contribution in [0.15, 0.2) is 36.5 Å². The van der Waals surface area contributed by atoms with Crippen molar-refractivity contribution in [2.75, 3.05) is 20.1 Å². The number of benzene rings is 1. The number of piperidine rings is 1. The highest BCUT2D eigenvalue weighted by Crippen LogP contribution is 2.24. The van der Waals surface area contributed by atoms with E-state index in [1.807, 2.05) is 42.3 Å². The van der Waals surface area contributed by atoms with Gasteiger partial charge in [-0.15, -0.1) is 0 Å². The summed E-state index contributed by atoms with van der Waals surface area (Å²) in [5.74, 6) is 0.117. The molecular formula is C17H21N3O. The summed E-state index contributed by atoms with van der Waals surface area (Å²) in [4.78, 5) is 19.1. The van der Waals surface area contributed by atoms with Crippen LogP contribution in [0.3, 0.4) is 0 Å². The van der Waals surface area contributed by atoms with Crippen LogP contribution in [0, 0.1) is 0 Å². The van der Waals surface area contributed by atoms with Crippen LogP contribution < -0.4 is 5.32 Å². The molecule has 1 aromatic heterocycles. The molecule has 1 N–H and O–H groups in total. The van der Waals surface area contributed by atoms with Crippen molar-refractivity contribution >= 4 is 16.8 Å². The van der Waals surface area contributed by atoms with E-state index in [1.165, 1.54) is 0 Å². The van der Waals surface area contributed by atoms with Gasteiger partial charge in [-0.2, -0.15) is 0 Å². The van der Waals surface area contributed by atoms with Crippen molar-refractivity contribution in [1.29, 1.82) is 0 Å². The number of carbonyl (C=O) groups excluding carboxylic acids is 1. The smallest absolute Gasteiger partial charge is 0.254 e. The van der Waals surface area contributed by atoms with Gasteiger partial charge in [0.25, 0.3) is 5.91 Å². The lowest BCUT2D eigenvalue weighted by molar-refractivity contribution is 0.0663. The van der Waals surface area contributed by atoms with Gasteiger partial charge < -0.3 is 10.2 Å². The minimum absolute atomic E-state index is 0.117. The Morgan fingerprint density at radius 3 is 2.67 bits per heavy atom. The summed E-state index contributed by atoms with van der Waals surface area (Å²) in [6, 6.07) is 9.64. The number of amides is 1. The Kier molecular flexibility index (Phi) is 3.64. The monoisotopic (exact) mass is 283 g/mol. The first kappa shape index (κ1) is 14.0. The maximum absolute atomic E-state index is 12.8. The van der Waals surface area contributed by atoms with E-state index in [4.69, 9.17) is 0 Å². The number of carbonyl (C=O) groups is 1. The molecule has 0 unspecified atom stereocenters. The van der Waals surface area contributed by atoms with Gasteiger partial charge in [0.2, 0.25) is 0 Å². The van der Waals surface area contributed by atoms with Gasteiger partial charge in [-0.25, -0.2) is 0 Å². The van der Waals surface area contributed by atoms with Crippen LogP contribution in [0.4, 0.5) is 0 Å². The largest absolute Gasteiger partial charge is 0.338 e. The van der Waals surface area contributed by atoms with Gasteiger partial charge in [0.15, 0.2) is 0 Å². The first-order valence-corrected chi connectivity index (χ1v) is 7.45. The van der Waals surface area contributed by atoms with E-state index >= 15 is 0 Å². The molecule has 0 saturated carbocycles. The summed E-state index contributed by atoms with van der Waals surface area (Å²) >= 11 is 0. The normalized spacial score (nSPS) is 17.9. The van der Waals surface area contributed by atoms with Crippen molar-refractivity contribution in [2.45, 2.75) is 25.3 Å². The summed E-state index contributed by atoms with van der Waals surface area (Å²) in [5, 5.41) is 4.30. The molecule has 1 aromatic carbocycles. The molecule has 1 aliphatic heterocycles. The lowest BCUT2D eigenvalue weighted by Gasteiger charge is -2.39. The highest BCUT2D eigenvalue weighted by Gasteiger charge is 2.31. The number of para-hydroxylation sites is 1. The molecule has 1 amide bonds. The Bertz CT molecular complexity index is 655. The van der Waals surface area contributed by atoms with E-state index < -0.39 is 0 Å². The molecule has 0 bridgehead atoms. The van der Waals surface area contributed by atoms with Crippen molar-refractivity contribution in [1.82, 2.24) is 15.2 Å². The number of rotatable bonds is 2. The Morgan fingerprint density at radius 2 is 1.95 bits per heavy atom. The van der Waals surface area contributed by atoms with Crippen LogP contribution in [0.5, 0.6) is 0 Å². The summed E-state index contributed by atoms with van der Waals surface area (Å²) < 4.78 is 0. The third-order valence-electron chi connectivity index (χ3n) is 4.64. The maximum Gasteiger partial charge on any atom is 0.254 e. The van der Waals surface area contributed by atoms with Crippen molar-refractivity contribution < 1.29 is 4.79 Å². The molecule has 0 aliphatic carbocycles. The maximum atomic E-state index is 12.8. The number of nitrogens with zero attached hydrogens (tertiary/aromatic N) is 2. The molecule has 2 heterocycles. The average molecular weight is 283 g/mol. The van der Waals surface area contributed by atoms with Crippen LogP contribution >= 0.6 is 0 Å². The molecule has 1 saturated heterocycles. The van der Waals surface area contributed by atoms with E-state index in [0.29, 0.717) is 0 Å². The second-order valence-corrected chi connectivity index (χ2v) is 5.98. The highest BCUT2D eigenvalue weighted by atomic mass is 16.2. The fraction of sp³-hybridized carbons (Fsp3) is 0.412. The van der Waals surface area contributed by atoms with E-state index in [-0.39, 0.29) is 11.4 Å². The molecule has 4 heteroatoms. The number of likely N-dealkylation sites (tertiary alicyclic amines) is 1. The second-order valence-electron chi connectivity index (χ2n) is 5.98. The highest BCUT2D eigenvalue weighted by molar-refractivity contribution is 6.05. The van der Waals surface area contributed by atoms with Gasteiger partial charge in [0, 0.05) is 30.2 Å². The third kappa shape index (κ3) is 2.63. The van der Waals surface area contributed by atoms with E-state index in [1.54, 1.807) is 6.20 Å². The number of fused-ring (bicyclic) bond motifs is 1. The molecule has 0 radical (unpaired) electrons. The zero-order valence-corrected chi connectivity index (χ0v) is 12.6. The number of hydrogen-bond acceptors (Lipinski definition) is 3. The van der Waals surface area contributed by atoms with Gasteiger partial charge >= 0.3 is 0 Å².